The van der Waals surface area contributed by atoms with Gasteiger partial charge in [-0.3, -0.25) is 0 Å². The van der Waals surface area contributed by atoms with Crippen LogP contribution in [0.5, 0.6) is 0 Å². The van der Waals surface area contributed by atoms with E-state index in [4.69, 9.17) is 4.74 Å². The van der Waals surface area contributed by atoms with E-state index in [2.05, 4.69) is 6.92 Å². The fourth-order valence-corrected chi connectivity index (χ4v) is 3.74. The molecule has 0 radical (unpaired) electrons. The zero-order valence-corrected chi connectivity index (χ0v) is 15.3. The Hall–Kier alpha value is -1.81. The molecule has 0 spiro atoms. The summed E-state index contributed by atoms with van der Waals surface area (Å²) < 4.78 is 48.3. The highest BCUT2D eigenvalue weighted by molar-refractivity contribution is 5.66. The summed E-state index contributed by atoms with van der Waals surface area (Å²) in [6.07, 6.45) is 0.967. The Balaban J connectivity index is 1.92. The topological polar surface area (TPSA) is 9.23 Å². The van der Waals surface area contributed by atoms with Crippen LogP contribution in [0.1, 0.15) is 61.6 Å². The van der Waals surface area contributed by atoms with Gasteiger partial charge in [0.25, 0.3) is 6.43 Å². The third-order valence-electron chi connectivity index (χ3n) is 5.21. The molecule has 0 N–H and O–H groups in total. The Morgan fingerprint density at radius 3 is 2.38 bits per heavy atom. The maximum Gasteiger partial charge on any atom is 0.266 e. The van der Waals surface area contributed by atoms with Crippen molar-refractivity contribution >= 4 is 0 Å². The van der Waals surface area contributed by atoms with E-state index in [1.54, 1.807) is 24.3 Å². The second-order valence-electron chi connectivity index (χ2n) is 7.12. The van der Waals surface area contributed by atoms with Crippen LogP contribution in [0.15, 0.2) is 36.4 Å². The summed E-state index contributed by atoms with van der Waals surface area (Å²) in [5.41, 5.74) is 1.81. The van der Waals surface area contributed by atoms with Gasteiger partial charge < -0.3 is 4.74 Å². The lowest BCUT2D eigenvalue weighted by molar-refractivity contribution is -0.00190. The van der Waals surface area contributed by atoms with E-state index in [0.29, 0.717) is 17.7 Å². The number of ether oxygens (including phenoxy) is 1. The second kappa shape index (κ2) is 8.26. The Morgan fingerprint density at radius 1 is 1.08 bits per heavy atom. The molecule has 140 valence electrons. The van der Waals surface area contributed by atoms with E-state index in [1.807, 2.05) is 19.1 Å². The summed E-state index contributed by atoms with van der Waals surface area (Å²) in [5.74, 6) is -0.981. The van der Waals surface area contributed by atoms with Crippen molar-refractivity contribution in [2.24, 2.45) is 0 Å². The molecular formula is C22H25F3O. The maximum atomic E-state index is 15.0. The number of halogens is 3. The molecule has 1 aliphatic rings. The van der Waals surface area contributed by atoms with Crippen LogP contribution in [-0.2, 0) is 4.74 Å². The predicted octanol–water partition coefficient (Wildman–Crippen LogP) is 6.80. The molecule has 0 aliphatic carbocycles. The van der Waals surface area contributed by atoms with Crippen molar-refractivity contribution in [3.05, 3.63) is 58.9 Å². The average Bonchev–Trinajstić information content (AvgIpc) is 2.63. The van der Waals surface area contributed by atoms with Crippen LogP contribution in [0.4, 0.5) is 13.2 Å². The summed E-state index contributed by atoms with van der Waals surface area (Å²) >= 11 is 0. The lowest BCUT2D eigenvalue weighted by atomic mass is 9.86. The van der Waals surface area contributed by atoms with Crippen LogP contribution in [-0.4, -0.2) is 12.7 Å². The SMILES string of the molecule is CCCC1CCC(c2ccc(-c3ccc(C)cc3)c(F)c2C(F)F)CO1. The first-order valence-corrected chi connectivity index (χ1v) is 9.30. The van der Waals surface area contributed by atoms with Crippen molar-refractivity contribution in [1.82, 2.24) is 0 Å². The molecule has 1 saturated heterocycles. The van der Waals surface area contributed by atoms with Crippen molar-refractivity contribution in [2.75, 3.05) is 6.61 Å². The number of benzene rings is 2. The molecule has 1 aliphatic heterocycles. The number of alkyl halides is 2. The highest BCUT2D eigenvalue weighted by Crippen LogP contribution is 2.39. The summed E-state index contributed by atoms with van der Waals surface area (Å²) in [7, 11) is 0. The van der Waals surface area contributed by atoms with Gasteiger partial charge in [-0.1, -0.05) is 55.3 Å². The molecule has 4 heteroatoms. The first-order valence-electron chi connectivity index (χ1n) is 9.30. The molecule has 2 atom stereocenters. The van der Waals surface area contributed by atoms with Crippen molar-refractivity contribution in [1.29, 1.82) is 0 Å². The molecule has 1 heterocycles. The van der Waals surface area contributed by atoms with E-state index in [1.165, 1.54) is 0 Å². The first kappa shape index (κ1) is 19.0. The second-order valence-corrected chi connectivity index (χ2v) is 7.12. The minimum atomic E-state index is -2.84. The van der Waals surface area contributed by atoms with Crippen LogP contribution in [0.25, 0.3) is 11.1 Å². The minimum absolute atomic E-state index is 0.173. The fourth-order valence-electron chi connectivity index (χ4n) is 3.74. The van der Waals surface area contributed by atoms with Gasteiger partial charge in [-0.05, 0) is 37.3 Å². The molecule has 3 rings (SSSR count). The molecular weight excluding hydrogens is 337 g/mol. The molecule has 0 amide bonds. The fraction of sp³-hybridized carbons (Fsp3) is 0.455. The van der Waals surface area contributed by atoms with E-state index in [-0.39, 0.29) is 17.6 Å². The van der Waals surface area contributed by atoms with Gasteiger partial charge in [-0.25, -0.2) is 13.2 Å². The van der Waals surface area contributed by atoms with Crippen LogP contribution in [0.2, 0.25) is 0 Å². The molecule has 0 aromatic heterocycles. The Labute approximate surface area is 153 Å². The molecule has 1 fully saturated rings. The van der Waals surface area contributed by atoms with Crippen LogP contribution in [0.3, 0.4) is 0 Å². The predicted molar refractivity (Wildman–Crippen MR) is 98.2 cm³/mol. The van der Waals surface area contributed by atoms with Gasteiger partial charge in [-0.2, -0.15) is 0 Å². The van der Waals surface area contributed by atoms with Crippen molar-refractivity contribution < 1.29 is 17.9 Å². The highest BCUT2D eigenvalue weighted by atomic mass is 19.3. The third kappa shape index (κ3) is 3.96. The monoisotopic (exact) mass is 362 g/mol. The first-order chi connectivity index (χ1) is 12.5. The number of rotatable bonds is 5. The summed E-state index contributed by atoms with van der Waals surface area (Å²) in [5, 5.41) is 0. The molecule has 0 bridgehead atoms. The van der Waals surface area contributed by atoms with Gasteiger partial charge >= 0.3 is 0 Å². The number of hydrogen-bond donors (Lipinski definition) is 0. The molecule has 2 unspecified atom stereocenters. The zero-order valence-electron chi connectivity index (χ0n) is 15.3. The van der Waals surface area contributed by atoms with Gasteiger partial charge in [0.1, 0.15) is 5.82 Å². The quantitative estimate of drug-likeness (QED) is 0.568. The minimum Gasteiger partial charge on any atom is -0.378 e. The van der Waals surface area contributed by atoms with Gasteiger partial charge in [0.05, 0.1) is 18.3 Å². The standard InChI is InChI=1S/C22H25F3O/c1-3-4-17-10-9-16(13-26-17)18-11-12-19(21(23)20(18)22(24)25)15-7-5-14(2)6-8-15/h5-8,11-12,16-17,22H,3-4,9-10,13H2,1-2H3. The third-order valence-corrected chi connectivity index (χ3v) is 5.21. The Kier molecular flexibility index (Phi) is 6.02. The van der Waals surface area contributed by atoms with Crippen molar-refractivity contribution in [2.45, 2.75) is 58.0 Å². The molecule has 0 saturated carbocycles. The average molecular weight is 362 g/mol. The Bertz CT molecular complexity index is 732. The number of aryl methyl sites for hydroxylation is 1. The molecule has 2 aromatic carbocycles. The van der Waals surface area contributed by atoms with E-state index >= 15 is 4.39 Å². The summed E-state index contributed by atoms with van der Waals surface area (Å²) in [6, 6.07) is 10.5. The zero-order chi connectivity index (χ0) is 18.7. The summed E-state index contributed by atoms with van der Waals surface area (Å²) in [4.78, 5) is 0. The maximum absolute atomic E-state index is 15.0. The van der Waals surface area contributed by atoms with E-state index in [0.717, 1.165) is 31.2 Å². The smallest absolute Gasteiger partial charge is 0.266 e. The van der Waals surface area contributed by atoms with Crippen molar-refractivity contribution in [3.8, 4) is 11.1 Å². The van der Waals surface area contributed by atoms with Gasteiger partial charge in [0.15, 0.2) is 0 Å². The van der Waals surface area contributed by atoms with Crippen LogP contribution < -0.4 is 0 Å². The molecule has 2 aromatic rings. The van der Waals surface area contributed by atoms with E-state index in [9.17, 15) is 8.78 Å². The highest BCUT2D eigenvalue weighted by Gasteiger charge is 2.29. The summed E-state index contributed by atoms with van der Waals surface area (Å²) in [6.45, 7) is 4.42. The Morgan fingerprint density at radius 2 is 1.81 bits per heavy atom. The molecule has 1 nitrogen and oxygen atoms in total. The lowest BCUT2D eigenvalue weighted by Gasteiger charge is -2.30. The van der Waals surface area contributed by atoms with E-state index < -0.39 is 17.8 Å². The van der Waals surface area contributed by atoms with Crippen molar-refractivity contribution in [3.63, 3.8) is 0 Å². The largest absolute Gasteiger partial charge is 0.378 e. The van der Waals surface area contributed by atoms with Gasteiger partial charge in [-0.15, -0.1) is 0 Å². The normalized spacial score (nSPS) is 20.5. The molecule has 26 heavy (non-hydrogen) atoms. The van der Waals surface area contributed by atoms with Gasteiger partial charge in [0.2, 0.25) is 0 Å². The van der Waals surface area contributed by atoms with Crippen LogP contribution in [0, 0.1) is 12.7 Å². The van der Waals surface area contributed by atoms with Crippen LogP contribution >= 0.6 is 0 Å². The van der Waals surface area contributed by atoms with Gasteiger partial charge in [0, 0.05) is 11.5 Å². The lowest BCUT2D eigenvalue weighted by Crippen LogP contribution is -2.25. The number of hydrogen-bond acceptors (Lipinski definition) is 1.